The van der Waals surface area contributed by atoms with Gasteiger partial charge in [0.15, 0.2) is 0 Å². The Morgan fingerprint density at radius 2 is 2.05 bits per heavy atom. The van der Waals surface area contributed by atoms with Crippen LogP contribution < -0.4 is 5.32 Å². The van der Waals surface area contributed by atoms with Gasteiger partial charge in [-0.25, -0.2) is 0 Å². The lowest BCUT2D eigenvalue weighted by atomic mass is 9.72. The molecule has 116 valence electrons. The molecule has 0 aliphatic carbocycles. The van der Waals surface area contributed by atoms with Gasteiger partial charge in [0, 0.05) is 21.8 Å². The van der Waals surface area contributed by atoms with Crippen LogP contribution in [0.25, 0.3) is 10.1 Å². The SMILES string of the molecule is CC1(C)[C@@H](NC(=O)c2ccc3sccc3c2)C2CCN1CC2. The highest BCUT2D eigenvalue weighted by atomic mass is 32.1. The third-order valence-corrected chi connectivity index (χ3v) is 6.49. The van der Waals surface area contributed by atoms with E-state index in [0.717, 1.165) is 10.9 Å². The molecule has 3 fully saturated rings. The molecular weight excluding hydrogens is 292 g/mol. The van der Waals surface area contributed by atoms with Crippen LogP contribution in [0.2, 0.25) is 0 Å². The molecule has 2 bridgehead atoms. The van der Waals surface area contributed by atoms with Gasteiger partial charge in [0.1, 0.15) is 0 Å². The number of nitrogens with zero attached hydrogens (tertiary/aromatic N) is 1. The minimum Gasteiger partial charge on any atom is -0.347 e. The minimum atomic E-state index is 0.0588. The van der Waals surface area contributed by atoms with E-state index in [1.807, 2.05) is 12.1 Å². The molecule has 4 heteroatoms. The predicted octanol–water partition coefficient (Wildman–Crippen LogP) is 3.50. The van der Waals surface area contributed by atoms with Crippen LogP contribution in [0.4, 0.5) is 0 Å². The van der Waals surface area contributed by atoms with E-state index < -0.39 is 0 Å². The molecule has 0 spiro atoms. The van der Waals surface area contributed by atoms with E-state index in [1.54, 1.807) is 11.3 Å². The van der Waals surface area contributed by atoms with Crippen LogP contribution in [-0.2, 0) is 0 Å². The number of benzene rings is 1. The Balaban J connectivity index is 1.58. The van der Waals surface area contributed by atoms with Crippen molar-refractivity contribution < 1.29 is 4.79 Å². The van der Waals surface area contributed by atoms with Crippen LogP contribution in [0.5, 0.6) is 0 Å². The first-order chi connectivity index (χ1) is 10.6. The van der Waals surface area contributed by atoms with E-state index in [0.29, 0.717) is 5.92 Å². The number of piperidine rings is 3. The van der Waals surface area contributed by atoms with Crippen LogP contribution in [0.1, 0.15) is 37.0 Å². The summed E-state index contributed by atoms with van der Waals surface area (Å²) in [4.78, 5) is 15.2. The van der Waals surface area contributed by atoms with E-state index in [1.165, 1.54) is 30.6 Å². The zero-order valence-corrected chi connectivity index (χ0v) is 14.0. The lowest BCUT2D eigenvalue weighted by Gasteiger charge is -2.56. The molecular formula is C18H22N2OS. The van der Waals surface area contributed by atoms with Crippen LogP contribution in [0, 0.1) is 5.92 Å². The summed E-state index contributed by atoms with van der Waals surface area (Å²) in [6, 6.07) is 8.34. The molecule has 0 radical (unpaired) electrons. The van der Waals surface area contributed by atoms with Crippen molar-refractivity contribution in [1.29, 1.82) is 0 Å². The van der Waals surface area contributed by atoms with Gasteiger partial charge in [0.05, 0.1) is 0 Å². The number of hydrogen-bond donors (Lipinski definition) is 1. The maximum atomic E-state index is 12.7. The zero-order chi connectivity index (χ0) is 15.3. The number of carbonyl (C=O) groups excluding carboxylic acids is 1. The van der Waals surface area contributed by atoms with Gasteiger partial charge in [0.25, 0.3) is 5.91 Å². The summed E-state index contributed by atoms with van der Waals surface area (Å²) in [6.07, 6.45) is 2.41. The minimum absolute atomic E-state index is 0.0588. The summed E-state index contributed by atoms with van der Waals surface area (Å²) in [5, 5.41) is 6.57. The monoisotopic (exact) mass is 314 g/mol. The third-order valence-electron chi connectivity index (χ3n) is 5.59. The molecule has 3 aliphatic heterocycles. The predicted molar refractivity (Wildman–Crippen MR) is 91.5 cm³/mol. The van der Waals surface area contributed by atoms with Crippen molar-refractivity contribution in [1.82, 2.24) is 10.2 Å². The van der Waals surface area contributed by atoms with Crippen molar-refractivity contribution in [2.75, 3.05) is 13.1 Å². The smallest absolute Gasteiger partial charge is 0.251 e. The van der Waals surface area contributed by atoms with Crippen molar-refractivity contribution in [2.45, 2.75) is 38.3 Å². The number of carbonyl (C=O) groups is 1. The standard InChI is InChI=1S/C18H22N2OS/c1-18(2)16(12-5-8-20(18)9-6-12)19-17(21)14-3-4-15-13(11-14)7-10-22-15/h3-4,7,10-12,16H,5-6,8-9H2,1-2H3,(H,19,21)/t16-/m0/s1. The first-order valence-electron chi connectivity index (χ1n) is 8.09. The second-order valence-corrected chi connectivity index (χ2v) is 8.05. The molecule has 5 rings (SSSR count). The van der Waals surface area contributed by atoms with Crippen molar-refractivity contribution in [3.8, 4) is 0 Å². The summed E-state index contributed by atoms with van der Waals surface area (Å²) >= 11 is 1.71. The fraction of sp³-hybridized carbons (Fsp3) is 0.500. The molecule has 1 amide bonds. The summed E-state index contributed by atoms with van der Waals surface area (Å²) in [5.41, 5.74) is 0.835. The molecule has 1 aromatic heterocycles. The van der Waals surface area contributed by atoms with Crippen LogP contribution in [0.3, 0.4) is 0 Å². The summed E-state index contributed by atoms with van der Waals surface area (Å²) < 4.78 is 1.24. The summed E-state index contributed by atoms with van der Waals surface area (Å²) in [7, 11) is 0. The molecule has 3 saturated heterocycles. The maximum absolute atomic E-state index is 12.7. The Morgan fingerprint density at radius 3 is 2.77 bits per heavy atom. The van der Waals surface area contributed by atoms with Crippen LogP contribution in [0.15, 0.2) is 29.6 Å². The molecule has 1 N–H and O–H groups in total. The van der Waals surface area contributed by atoms with Crippen molar-refractivity contribution in [3.05, 3.63) is 35.2 Å². The first-order valence-corrected chi connectivity index (χ1v) is 8.97. The fourth-order valence-electron chi connectivity index (χ4n) is 4.21. The summed E-state index contributed by atoms with van der Waals surface area (Å²) in [5.74, 6) is 0.689. The topological polar surface area (TPSA) is 32.3 Å². The molecule has 2 aromatic rings. The van der Waals surface area contributed by atoms with E-state index in [2.05, 4.69) is 41.6 Å². The lowest BCUT2D eigenvalue weighted by molar-refractivity contribution is -0.0378. The Bertz CT molecular complexity index is 713. The first kappa shape index (κ1) is 14.2. The number of fused-ring (bicyclic) bond motifs is 4. The molecule has 4 heterocycles. The van der Waals surface area contributed by atoms with Gasteiger partial charge in [-0.3, -0.25) is 9.69 Å². The number of thiophene rings is 1. The zero-order valence-electron chi connectivity index (χ0n) is 13.1. The van der Waals surface area contributed by atoms with E-state index in [4.69, 9.17) is 0 Å². The lowest BCUT2D eigenvalue weighted by Crippen LogP contribution is -2.69. The fourth-order valence-corrected chi connectivity index (χ4v) is 4.98. The van der Waals surface area contributed by atoms with Gasteiger partial charge in [0.2, 0.25) is 0 Å². The van der Waals surface area contributed by atoms with Crippen molar-refractivity contribution >= 4 is 27.3 Å². The highest BCUT2D eigenvalue weighted by Gasteiger charge is 2.48. The largest absolute Gasteiger partial charge is 0.347 e. The van der Waals surface area contributed by atoms with Gasteiger partial charge >= 0.3 is 0 Å². The van der Waals surface area contributed by atoms with Crippen LogP contribution in [-0.4, -0.2) is 35.5 Å². The maximum Gasteiger partial charge on any atom is 0.251 e. The van der Waals surface area contributed by atoms with Crippen LogP contribution >= 0.6 is 11.3 Å². The van der Waals surface area contributed by atoms with Crippen molar-refractivity contribution in [3.63, 3.8) is 0 Å². The van der Waals surface area contributed by atoms with Crippen molar-refractivity contribution in [2.24, 2.45) is 5.92 Å². The average Bonchev–Trinajstić information content (AvgIpc) is 2.98. The molecule has 0 unspecified atom stereocenters. The molecule has 3 nitrogen and oxygen atoms in total. The molecule has 0 saturated carbocycles. The second kappa shape index (κ2) is 5.07. The molecule has 22 heavy (non-hydrogen) atoms. The Hall–Kier alpha value is -1.39. The quantitative estimate of drug-likeness (QED) is 0.920. The van der Waals surface area contributed by atoms with Gasteiger partial charge in [-0.05, 0) is 80.7 Å². The second-order valence-electron chi connectivity index (χ2n) is 7.10. The molecule has 3 aliphatic rings. The summed E-state index contributed by atoms with van der Waals surface area (Å²) in [6.45, 7) is 6.88. The number of rotatable bonds is 2. The Morgan fingerprint density at radius 1 is 1.27 bits per heavy atom. The average molecular weight is 314 g/mol. The van der Waals surface area contributed by atoms with Gasteiger partial charge < -0.3 is 5.32 Å². The van der Waals surface area contributed by atoms with Gasteiger partial charge in [-0.15, -0.1) is 11.3 Å². The highest BCUT2D eigenvalue weighted by molar-refractivity contribution is 7.17. The molecule has 1 aromatic carbocycles. The Labute approximate surface area is 135 Å². The third kappa shape index (κ3) is 2.17. The number of amides is 1. The van der Waals surface area contributed by atoms with E-state index in [-0.39, 0.29) is 17.5 Å². The van der Waals surface area contributed by atoms with E-state index in [9.17, 15) is 4.79 Å². The number of hydrogen-bond acceptors (Lipinski definition) is 3. The highest BCUT2D eigenvalue weighted by Crippen LogP contribution is 2.39. The normalized spacial score (nSPS) is 29.6. The molecule has 1 atom stereocenters. The van der Waals surface area contributed by atoms with Gasteiger partial charge in [-0.1, -0.05) is 0 Å². The van der Waals surface area contributed by atoms with Gasteiger partial charge in [-0.2, -0.15) is 0 Å². The Kier molecular flexibility index (Phi) is 3.27. The number of nitrogens with one attached hydrogen (secondary N) is 1. The van der Waals surface area contributed by atoms with E-state index >= 15 is 0 Å².